The average molecular weight is 345 g/mol. The first kappa shape index (κ1) is 17.9. The van der Waals surface area contributed by atoms with Crippen molar-refractivity contribution in [3.63, 3.8) is 0 Å². The van der Waals surface area contributed by atoms with Gasteiger partial charge in [0.1, 0.15) is 6.04 Å². The maximum Gasteiger partial charge on any atom is 0.242 e. The summed E-state index contributed by atoms with van der Waals surface area (Å²) in [6.45, 7) is 7.68. The molecule has 0 unspecified atom stereocenters. The van der Waals surface area contributed by atoms with Gasteiger partial charge >= 0.3 is 0 Å². The molecule has 0 bridgehead atoms. The molecule has 2 fully saturated rings. The fourth-order valence-corrected chi connectivity index (χ4v) is 3.37. The van der Waals surface area contributed by atoms with Gasteiger partial charge in [-0.2, -0.15) is 0 Å². The molecule has 6 nitrogen and oxygen atoms in total. The number of rotatable bonds is 3. The summed E-state index contributed by atoms with van der Waals surface area (Å²) in [6, 6.07) is 7.79. The number of ether oxygens (including phenoxy) is 1. The van der Waals surface area contributed by atoms with E-state index >= 15 is 0 Å². The van der Waals surface area contributed by atoms with Crippen molar-refractivity contribution in [3.8, 4) is 0 Å². The van der Waals surface area contributed by atoms with Crippen LogP contribution in [0, 0.1) is 6.92 Å². The molecule has 0 radical (unpaired) electrons. The molecule has 1 aromatic rings. The van der Waals surface area contributed by atoms with E-state index in [1.54, 1.807) is 0 Å². The molecule has 136 valence electrons. The fourth-order valence-electron chi connectivity index (χ4n) is 3.37. The maximum absolute atomic E-state index is 12.6. The summed E-state index contributed by atoms with van der Waals surface area (Å²) >= 11 is 0. The fraction of sp³-hybridized carbons (Fsp3) is 0.579. The molecular weight excluding hydrogens is 318 g/mol. The Hall–Kier alpha value is -1.92. The van der Waals surface area contributed by atoms with Gasteiger partial charge in [0, 0.05) is 32.7 Å². The highest BCUT2D eigenvalue weighted by Crippen LogP contribution is 2.12. The highest BCUT2D eigenvalue weighted by atomic mass is 16.5. The first-order valence-corrected chi connectivity index (χ1v) is 9.01. The molecule has 2 saturated heterocycles. The van der Waals surface area contributed by atoms with Gasteiger partial charge in [-0.15, -0.1) is 0 Å². The minimum Gasteiger partial charge on any atom is -0.375 e. The molecule has 3 rings (SSSR count). The van der Waals surface area contributed by atoms with Gasteiger partial charge in [0.2, 0.25) is 11.8 Å². The number of nitrogens with zero attached hydrogens (tertiary/aromatic N) is 2. The number of carbonyl (C=O) groups is 2. The number of nitrogens with one attached hydrogen (secondary N) is 1. The van der Waals surface area contributed by atoms with Crippen molar-refractivity contribution in [1.82, 2.24) is 15.1 Å². The first-order valence-electron chi connectivity index (χ1n) is 9.01. The highest BCUT2D eigenvalue weighted by molar-refractivity contribution is 5.83. The van der Waals surface area contributed by atoms with Crippen LogP contribution < -0.4 is 5.32 Å². The average Bonchev–Trinajstić information content (AvgIpc) is 2.63. The third kappa shape index (κ3) is 4.38. The molecule has 1 N–H and O–H groups in total. The van der Waals surface area contributed by atoms with Crippen molar-refractivity contribution in [2.24, 2.45) is 0 Å². The SMILES string of the molecule is Cc1ccc(CC(=O)N2CCN(C(=O)[C@H]3NCCO[C@@H]3C)CC2)cc1. The topological polar surface area (TPSA) is 61.9 Å². The summed E-state index contributed by atoms with van der Waals surface area (Å²) in [5.74, 6) is 0.210. The molecular formula is C19H27N3O3. The Labute approximate surface area is 149 Å². The van der Waals surface area contributed by atoms with Crippen LogP contribution in [0.1, 0.15) is 18.1 Å². The molecule has 0 aliphatic carbocycles. The van der Waals surface area contributed by atoms with Crippen LogP contribution in [0.4, 0.5) is 0 Å². The third-order valence-electron chi connectivity index (χ3n) is 5.00. The number of hydrogen-bond acceptors (Lipinski definition) is 4. The zero-order valence-electron chi connectivity index (χ0n) is 15.0. The van der Waals surface area contributed by atoms with Gasteiger partial charge in [0.05, 0.1) is 19.1 Å². The largest absolute Gasteiger partial charge is 0.375 e. The van der Waals surface area contributed by atoms with E-state index in [4.69, 9.17) is 4.74 Å². The van der Waals surface area contributed by atoms with Gasteiger partial charge in [-0.25, -0.2) is 0 Å². The molecule has 2 aliphatic rings. The summed E-state index contributed by atoms with van der Waals surface area (Å²) in [5.41, 5.74) is 2.23. The Balaban J connectivity index is 1.50. The number of aryl methyl sites for hydroxylation is 1. The minimum absolute atomic E-state index is 0.0813. The number of amides is 2. The van der Waals surface area contributed by atoms with Gasteiger partial charge in [-0.05, 0) is 19.4 Å². The molecule has 25 heavy (non-hydrogen) atoms. The van der Waals surface area contributed by atoms with Crippen molar-refractivity contribution < 1.29 is 14.3 Å². The summed E-state index contributed by atoms with van der Waals surface area (Å²) in [5, 5.41) is 3.24. The molecule has 0 spiro atoms. The molecule has 0 aromatic heterocycles. The van der Waals surface area contributed by atoms with E-state index in [1.807, 2.05) is 47.9 Å². The second-order valence-electron chi connectivity index (χ2n) is 6.88. The predicted octanol–water partition coefficient (Wildman–Crippen LogP) is 0.585. The maximum atomic E-state index is 12.6. The lowest BCUT2D eigenvalue weighted by molar-refractivity contribution is -0.144. The smallest absolute Gasteiger partial charge is 0.242 e. The van der Waals surface area contributed by atoms with Crippen LogP contribution in [0.15, 0.2) is 24.3 Å². The van der Waals surface area contributed by atoms with E-state index < -0.39 is 0 Å². The number of benzene rings is 1. The van der Waals surface area contributed by atoms with Crippen molar-refractivity contribution in [1.29, 1.82) is 0 Å². The van der Waals surface area contributed by atoms with E-state index in [0.717, 1.165) is 5.56 Å². The molecule has 2 amide bonds. The molecule has 2 atom stereocenters. The van der Waals surface area contributed by atoms with E-state index in [0.29, 0.717) is 45.8 Å². The standard InChI is InChI=1S/C19H27N3O3/c1-14-3-5-16(6-4-14)13-17(23)21-8-10-22(11-9-21)19(24)18-15(2)25-12-7-20-18/h3-6,15,18,20H,7-13H2,1-2H3/t15-,18+/m1/s1. The van der Waals surface area contributed by atoms with E-state index in [1.165, 1.54) is 5.56 Å². The number of hydrogen-bond donors (Lipinski definition) is 1. The summed E-state index contributed by atoms with van der Waals surface area (Å²) in [7, 11) is 0. The number of carbonyl (C=O) groups excluding carboxylic acids is 2. The Morgan fingerprint density at radius 1 is 1.12 bits per heavy atom. The van der Waals surface area contributed by atoms with Gasteiger partial charge < -0.3 is 19.9 Å². The number of morpholine rings is 1. The van der Waals surface area contributed by atoms with Gasteiger partial charge in [0.25, 0.3) is 0 Å². The quantitative estimate of drug-likeness (QED) is 0.871. The summed E-state index contributed by atoms with van der Waals surface area (Å²) in [6.07, 6.45) is 0.311. The van der Waals surface area contributed by atoms with Crippen LogP contribution in [0.25, 0.3) is 0 Å². The molecule has 1 aromatic carbocycles. The van der Waals surface area contributed by atoms with Crippen LogP contribution in [0.3, 0.4) is 0 Å². The van der Waals surface area contributed by atoms with Crippen LogP contribution in [-0.2, 0) is 20.7 Å². The van der Waals surface area contributed by atoms with E-state index in [9.17, 15) is 9.59 Å². The predicted molar refractivity (Wildman–Crippen MR) is 95.2 cm³/mol. The number of piperazine rings is 1. The first-order chi connectivity index (χ1) is 12.0. The lowest BCUT2D eigenvalue weighted by Gasteiger charge is -2.38. The Morgan fingerprint density at radius 3 is 2.40 bits per heavy atom. The van der Waals surface area contributed by atoms with Crippen LogP contribution in [0.2, 0.25) is 0 Å². The Bertz CT molecular complexity index is 609. The lowest BCUT2D eigenvalue weighted by Crippen LogP contribution is -2.60. The van der Waals surface area contributed by atoms with Gasteiger partial charge in [0.15, 0.2) is 0 Å². The molecule has 2 aliphatic heterocycles. The lowest BCUT2D eigenvalue weighted by atomic mass is 10.1. The van der Waals surface area contributed by atoms with Crippen molar-refractivity contribution in [3.05, 3.63) is 35.4 Å². The van der Waals surface area contributed by atoms with Crippen molar-refractivity contribution in [2.75, 3.05) is 39.3 Å². The van der Waals surface area contributed by atoms with E-state index in [-0.39, 0.29) is 24.0 Å². The highest BCUT2D eigenvalue weighted by Gasteiger charge is 2.33. The van der Waals surface area contributed by atoms with Crippen LogP contribution in [0.5, 0.6) is 0 Å². The van der Waals surface area contributed by atoms with Gasteiger partial charge in [-0.3, -0.25) is 9.59 Å². The van der Waals surface area contributed by atoms with Crippen molar-refractivity contribution in [2.45, 2.75) is 32.4 Å². The second kappa shape index (κ2) is 7.97. The van der Waals surface area contributed by atoms with Gasteiger partial charge in [-0.1, -0.05) is 29.8 Å². The third-order valence-corrected chi connectivity index (χ3v) is 5.00. The zero-order valence-corrected chi connectivity index (χ0v) is 15.0. The zero-order chi connectivity index (χ0) is 17.8. The normalized spacial score (nSPS) is 24.2. The second-order valence-corrected chi connectivity index (χ2v) is 6.88. The van der Waals surface area contributed by atoms with Crippen LogP contribution in [-0.4, -0.2) is 73.1 Å². The minimum atomic E-state index is -0.274. The molecule has 6 heteroatoms. The summed E-state index contributed by atoms with van der Waals surface area (Å²) in [4.78, 5) is 28.8. The Morgan fingerprint density at radius 2 is 1.76 bits per heavy atom. The summed E-state index contributed by atoms with van der Waals surface area (Å²) < 4.78 is 5.56. The van der Waals surface area contributed by atoms with Crippen molar-refractivity contribution >= 4 is 11.8 Å². The Kier molecular flexibility index (Phi) is 5.71. The van der Waals surface area contributed by atoms with Crippen LogP contribution >= 0.6 is 0 Å². The molecule has 0 saturated carbocycles. The van der Waals surface area contributed by atoms with E-state index in [2.05, 4.69) is 5.32 Å². The molecule has 2 heterocycles. The monoisotopic (exact) mass is 345 g/mol.